The van der Waals surface area contributed by atoms with Gasteiger partial charge in [0.2, 0.25) is 0 Å². The molecule has 172 valence electrons. The highest BCUT2D eigenvalue weighted by Gasteiger charge is 2.37. The minimum absolute atomic E-state index is 0.140. The molecule has 0 bridgehead atoms. The van der Waals surface area contributed by atoms with Gasteiger partial charge in [-0.3, -0.25) is 0 Å². The van der Waals surface area contributed by atoms with Crippen LogP contribution in [0.15, 0.2) is 91.0 Å². The quantitative estimate of drug-likeness (QED) is 0.251. The molecular formula is C29H33NO3. The third kappa shape index (κ3) is 7.00. The predicted molar refractivity (Wildman–Crippen MR) is 131 cm³/mol. The van der Waals surface area contributed by atoms with Crippen LogP contribution in [0.4, 0.5) is 0 Å². The van der Waals surface area contributed by atoms with Crippen LogP contribution in [0.2, 0.25) is 0 Å². The molecule has 0 aliphatic rings. The Morgan fingerprint density at radius 2 is 1.18 bits per heavy atom. The number of nitriles is 1. The number of aliphatic hydroxyl groups excluding tert-OH is 1. The zero-order chi connectivity index (χ0) is 23.2. The molecule has 0 spiro atoms. The average molecular weight is 444 g/mol. The average Bonchev–Trinajstić information content (AvgIpc) is 2.88. The van der Waals surface area contributed by atoms with Crippen LogP contribution >= 0.6 is 0 Å². The standard InChI is InChI=1S/C29H33NO3/c30-21-13-2-1-3-14-22-32-23-28(31)24-33-29(25-15-7-4-8-16-25,26-17-9-5-10-18-26)27-19-11-6-12-20-27/h4-12,15-20,28,31H,1-3,13-14,22-24H2. The third-order valence-corrected chi connectivity index (χ3v) is 5.67. The second kappa shape index (κ2) is 13.5. The van der Waals surface area contributed by atoms with E-state index in [4.69, 9.17) is 14.7 Å². The van der Waals surface area contributed by atoms with Crippen LogP contribution in [0.1, 0.15) is 48.8 Å². The summed E-state index contributed by atoms with van der Waals surface area (Å²) in [5.41, 5.74) is 2.18. The SMILES string of the molecule is N#CCCCCCCOCC(O)COC(c1ccccc1)(c1ccccc1)c1ccccc1. The van der Waals surface area contributed by atoms with E-state index < -0.39 is 11.7 Å². The number of aliphatic hydroxyl groups is 1. The van der Waals surface area contributed by atoms with Crippen molar-refractivity contribution in [1.29, 1.82) is 5.26 Å². The van der Waals surface area contributed by atoms with Gasteiger partial charge >= 0.3 is 0 Å². The van der Waals surface area contributed by atoms with Crippen LogP contribution in [0.5, 0.6) is 0 Å². The molecule has 0 aliphatic heterocycles. The summed E-state index contributed by atoms with van der Waals surface area (Å²) in [6, 6.07) is 32.6. The lowest BCUT2D eigenvalue weighted by atomic mass is 9.80. The van der Waals surface area contributed by atoms with E-state index in [0.29, 0.717) is 13.0 Å². The van der Waals surface area contributed by atoms with Gasteiger partial charge in [0.1, 0.15) is 11.7 Å². The van der Waals surface area contributed by atoms with Gasteiger partial charge in [-0.2, -0.15) is 5.26 Å². The van der Waals surface area contributed by atoms with Crippen LogP contribution in [-0.2, 0) is 15.1 Å². The monoisotopic (exact) mass is 443 g/mol. The number of benzene rings is 3. The van der Waals surface area contributed by atoms with Gasteiger partial charge in [0, 0.05) is 13.0 Å². The smallest absolute Gasteiger partial charge is 0.143 e. The maximum atomic E-state index is 10.6. The van der Waals surface area contributed by atoms with Gasteiger partial charge in [-0.25, -0.2) is 0 Å². The van der Waals surface area contributed by atoms with E-state index in [1.165, 1.54) is 0 Å². The second-order valence-corrected chi connectivity index (χ2v) is 8.14. The fraction of sp³-hybridized carbons (Fsp3) is 0.345. The van der Waals surface area contributed by atoms with Crippen molar-refractivity contribution in [2.75, 3.05) is 19.8 Å². The first kappa shape index (κ1) is 24.7. The number of rotatable bonds is 14. The highest BCUT2D eigenvalue weighted by Crippen LogP contribution is 2.40. The lowest BCUT2D eigenvalue weighted by molar-refractivity contribution is -0.0641. The van der Waals surface area contributed by atoms with E-state index in [2.05, 4.69) is 42.5 Å². The predicted octanol–water partition coefficient (Wildman–Crippen LogP) is 5.85. The number of nitrogens with zero attached hydrogens (tertiary/aromatic N) is 1. The Kier molecular flexibility index (Phi) is 10.1. The van der Waals surface area contributed by atoms with Crippen LogP contribution in [0, 0.1) is 11.3 Å². The number of ether oxygens (including phenoxy) is 2. The Balaban J connectivity index is 1.70. The largest absolute Gasteiger partial charge is 0.388 e. The van der Waals surface area contributed by atoms with Crippen molar-refractivity contribution in [3.8, 4) is 6.07 Å². The molecule has 1 N–H and O–H groups in total. The normalized spacial score (nSPS) is 12.2. The molecule has 1 unspecified atom stereocenters. The molecule has 0 radical (unpaired) electrons. The molecule has 0 amide bonds. The molecule has 3 rings (SSSR count). The molecule has 0 aromatic heterocycles. The molecule has 1 atom stereocenters. The summed E-state index contributed by atoms with van der Waals surface area (Å²) in [7, 11) is 0. The Bertz CT molecular complexity index is 858. The second-order valence-electron chi connectivity index (χ2n) is 8.14. The first-order chi connectivity index (χ1) is 16.3. The van der Waals surface area contributed by atoms with Crippen molar-refractivity contribution in [3.05, 3.63) is 108 Å². The first-order valence-corrected chi connectivity index (χ1v) is 11.7. The lowest BCUT2D eigenvalue weighted by Gasteiger charge is -2.36. The molecule has 0 saturated carbocycles. The van der Waals surface area contributed by atoms with Crippen LogP contribution in [0.25, 0.3) is 0 Å². The Morgan fingerprint density at radius 3 is 1.67 bits per heavy atom. The molecule has 33 heavy (non-hydrogen) atoms. The number of hydrogen-bond acceptors (Lipinski definition) is 4. The van der Waals surface area contributed by atoms with Crippen molar-refractivity contribution in [1.82, 2.24) is 0 Å². The lowest BCUT2D eigenvalue weighted by Crippen LogP contribution is -2.36. The molecule has 4 nitrogen and oxygen atoms in total. The van der Waals surface area contributed by atoms with Crippen molar-refractivity contribution in [2.45, 2.75) is 43.8 Å². The summed E-state index contributed by atoms with van der Waals surface area (Å²) in [5, 5.41) is 19.2. The van der Waals surface area contributed by atoms with Gasteiger partial charge in [0.25, 0.3) is 0 Å². The van der Waals surface area contributed by atoms with Crippen molar-refractivity contribution in [3.63, 3.8) is 0 Å². The van der Waals surface area contributed by atoms with E-state index in [0.717, 1.165) is 42.4 Å². The van der Waals surface area contributed by atoms with E-state index in [9.17, 15) is 5.11 Å². The van der Waals surface area contributed by atoms with E-state index in [1.54, 1.807) is 0 Å². The highest BCUT2D eigenvalue weighted by molar-refractivity contribution is 5.47. The summed E-state index contributed by atoms with van der Waals surface area (Å²) in [5.74, 6) is 0. The van der Waals surface area contributed by atoms with Crippen molar-refractivity contribution in [2.24, 2.45) is 0 Å². The van der Waals surface area contributed by atoms with Crippen molar-refractivity contribution < 1.29 is 14.6 Å². The summed E-state index contributed by atoms with van der Waals surface area (Å²) in [6.07, 6.45) is 3.82. The Morgan fingerprint density at radius 1 is 0.697 bits per heavy atom. The summed E-state index contributed by atoms with van der Waals surface area (Å²) in [6.45, 7) is 0.971. The fourth-order valence-electron chi connectivity index (χ4n) is 4.02. The van der Waals surface area contributed by atoms with Gasteiger partial charge in [0.05, 0.1) is 19.3 Å². The molecule has 4 heteroatoms. The van der Waals surface area contributed by atoms with E-state index >= 15 is 0 Å². The molecule has 0 saturated heterocycles. The van der Waals surface area contributed by atoms with Gasteiger partial charge in [-0.1, -0.05) is 104 Å². The van der Waals surface area contributed by atoms with Gasteiger partial charge < -0.3 is 14.6 Å². The van der Waals surface area contributed by atoms with Crippen LogP contribution in [-0.4, -0.2) is 31.0 Å². The van der Waals surface area contributed by atoms with Gasteiger partial charge in [-0.15, -0.1) is 0 Å². The zero-order valence-electron chi connectivity index (χ0n) is 19.1. The fourth-order valence-corrected chi connectivity index (χ4v) is 4.02. The Labute approximate surface area is 197 Å². The zero-order valence-corrected chi connectivity index (χ0v) is 19.1. The summed E-state index contributed by atoms with van der Waals surface area (Å²) < 4.78 is 12.3. The highest BCUT2D eigenvalue weighted by atomic mass is 16.5. The minimum atomic E-state index is -0.842. The topological polar surface area (TPSA) is 62.5 Å². The van der Waals surface area contributed by atoms with Crippen LogP contribution < -0.4 is 0 Å². The van der Waals surface area contributed by atoms with Gasteiger partial charge in [-0.05, 0) is 29.5 Å². The number of unbranched alkanes of at least 4 members (excludes halogenated alkanes) is 4. The summed E-state index contributed by atoms with van der Waals surface area (Å²) >= 11 is 0. The molecule has 0 aliphatic carbocycles. The molecule has 0 fully saturated rings. The van der Waals surface area contributed by atoms with Crippen LogP contribution in [0.3, 0.4) is 0 Å². The summed E-state index contributed by atoms with van der Waals surface area (Å²) in [4.78, 5) is 0. The molecular weight excluding hydrogens is 410 g/mol. The minimum Gasteiger partial charge on any atom is -0.388 e. The molecule has 0 heterocycles. The van der Waals surface area contributed by atoms with E-state index in [1.807, 2.05) is 54.6 Å². The van der Waals surface area contributed by atoms with Gasteiger partial charge in [0.15, 0.2) is 0 Å². The van der Waals surface area contributed by atoms with Crippen molar-refractivity contribution >= 4 is 0 Å². The molecule has 3 aromatic rings. The maximum absolute atomic E-state index is 10.6. The molecule has 3 aromatic carbocycles. The van der Waals surface area contributed by atoms with E-state index in [-0.39, 0.29) is 13.2 Å². The Hall–Kier alpha value is -2.97. The third-order valence-electron chi connectivity index (χ3n) is 5.67. The number of hydrogen-bond donors (Lipinski definition) is 1. The maximum Gasteiger partial charge on any atom is 0.143 e. The first-order valence-electron chi connectivity index (χ1n) is 11.7.